The number of rotatable bonds is 14. The quantitative estimate of drug-likeness (QED) is 0.325. The van der Waals surface area contributed by atoms with Gasteiger partial charge in [-0.1, -0.05) is 0 Å². The van der Waals surface area contributed by atoms with E-state index in [1.54, 1.807) is 0 Å². The van der Waals surface area contributed by atoms with E-state index in [4.69, 9.17) is 4.52 Å². The molecule has 1 nitrogen and oxygen atoms in total. The molecule has 0 aromatic carbocycles. The van der Waals surface area contributed by atoms with E-state index in [0.717, 1.165) is 6.61 Å². The van der Waals surface area contributed by atoms with Crippen molar-refractivity contribution >= 4 is 6.83 Å². The molecule has 0 spiro atoms. The second-order valence-corrected chi connectivity index (χ2v) is 12.3. The van der Waals surface area contributed by atoms with Crippen LogP contribution in [0.15, 0.2) is 0 Å². The van der Waals surface area contributed by atoms with Crippen LogP contribution in [-0.4, -0.2) is 31.3 Å². The monoisotopic (exact) mass is 304 g/mol. The van der Waals surface area contributed by atoms with Crippen molar-refractivity contribution in [3.05, 3.63) is 0 Å². The van der Waals surface area contributed by atoms with Crippen LogP contribution >= 0.6 is 6.83 Å². The fourth-order valence-electron chi connectivity index (χ4n) is 3.53. The number of hydrogen-bond donors (Lipinski definition) is 0. The van der Waals surface area contributed by atoms with E-state index in [0.29, 0.717) is 0 Å². The first-order valence-electron chi connectivity index (χ1n) is 9.27. The van der Waals surface area contributed by atoms with E-state index < -0.39 is 6.83 Å². The van der Waals surface area contributed by atoms with Gasteiger partial charge in [-0.2, -0.15) is 0 Å². The van der Waals surface area contributed by atoms with Crippen LogP contribution in [0.3, 0.4) is 0 Å². The number of hydrogen-bond acceptors (Lipinski definition) is 1. The van der Waals surface area contributed by atoms with E-state index in [2.05, 4.69) is 34.6 Å². The molecule has 0 atom stereocenters. The van der Waals surface area contributed by atoms with Crippen LogP contribution in [-0.2, 0) is 4.52 Å². The molecule has 20 heavy (non-hydrogen) atoms. The van der Waals surface area contributed by atoms with Crippen molar-refractivity contribution in [2.45, 2.75) is 86.0 Å². The molecule has 0 saturated heterocycles. The molecule has 0 aromatic heterocycles. The molecule has 0 N–H and O–H groups in total. The Bertz CT molecular complexity index is 184. The summed E-state index contributed by atoms with van der Waals surface area (Å²) in [5, 5.41) is 0. The summed E-state index contributed by atoms with van der Waals surface area (Å²) >= 11 is 0. The van der Waals surface area contributed by atoms with Gasteiger partial charge in [-0.15, -0.1) is 0 Å². The summed E-state index contributed by atoms with van der Waals surface area (Å²) in [4.78, 5) is 0. The minimum atomic E-state index is -1.92. The van der Waals surface area contributed by atoms with Gasteiger partial charge >= 0.3 is 129 Å². The van der Waals surface area contributed by atoms with E-state index in [9.17, 15) is 0 Å². The Labute approximate surface area is 129 Å². The molecule has 0 heterocycles. The molecule has 0 bridgehead atoms. The summed E-state index contributed by atoms with van der Waals surface area (Å²) in [6.45, 7) is 10.6. The topological polar surface area (TPSA) is 9.23 Å². The maximum atomic E-state index is 6.76. The van der Waals surface area contributed by atoms with Gasteiger partial charge in [-0.25, -0.2) is 0 Å². The molecule has 2 heteroatoms. The van der Waals surface area contributed by atoms with Crippen molar-refractivity contribution < 1.29 is 4.52 Å². The van der Waals surface area contributed by atoms with Crippen LogP contribution in [0.4, 0.5) is 0 Å². The third-order valence-electron chi connectivity index (χ3n) is 4.80. The summed E-state index contributed by atoms with van der Waals surface area (Å²) in [7, 11) is 0. The van der Waals surface area contributed by atoms with Crippen molar-refractivity contribution in [3.63, 3.8) is 0 Å². The molecule has 0 fully saturated rings. The van der Waals surface area contributed by atoms with E-state index in [-0.39, 0.29) is 0 Å². The van der Waals surface area contributed by atoms with Gasteiger partial charge in [0.15, 0.2) is 0 Å². The SMILES string of the molecule is CCCCP(CCCC)(CCCC)(CCCC)OCC. The average molecular weight is 304 g/mol. The molecular formula is C18H41OP. The van der Waals surface area contributed by atoms with Gasteiger partial charge in [0.1, 0.15) is 0 Å². The average Bonchev–Trinajstić information content (AvgIpc) is 2.48. The van der Waals surface area contributed by atoms with Crippen LogP contribution in [0.25, 0.3) is 0 Å². The van der Waals surface area contributed by atoms with Gasteiger partial charge in [-0.3, -0.25) is 0 Å². The Balaban J connectivity index is 5.26. The fourth-order valence-corrected chi connectivity index (χ4v) is 10.6. The Morgan fingerprint density at radius 2 is 0.850 bits per heavy atom. The predicted octanol–water partition coefficient (Wildman–Crippen LogP) is 6.69. The molecule has 0 aliphatic rings. The summed E-state index contributed by atoms with van der Waals surface area (Å²) in [5.74, 6) is 0. The third kappa shape index (κ3) is 6.44. The van der Waals surface area contributed by atoms with Gasteiger partial charge in [0.05, 0.1) is 0 Å². The molecule has 0 unspecified atom stereocenters. The summed E-state index contributed by atoms with van der Waals surface area (Å²) in [5.41, 5.74) is 0. The van der Waals surface area contributed by atoms with Crippen LogP contribution in [0, 0.1) is 0 Å². The van der Waals surface area contributed by atoms with Crippen LogP contribution in [0.5, 0.6) is 0 Å². The molecule has 0 rings (SSSR count). The normalized spacial score (nSPS) is 14.2. The summed E-state index contributed by atoms with van der Waals surface area (Å²) in [6.07, 6.45) is 16.3. The maximum absolute atomic E-state index is 6.76. The number of unbranched alkanes of at least 4 members (excludes halogenated alkanes) is 4. The zero-order valence-electron chi connectivity index (χ0n) is 15.0. The van der Waals surface area contributed by atoms with Crippen molar-refractivity contribution in [1.82, 2.24) is 0 Å². The summed E-state index contributed by atoms with van der Waals surface area (Å²) in [6, 6.07) is 0. The van der Waals surface area contributed by atoms with E-state index in [1.807, 2.05) is 0 Å². The van der Waals surface area contributed by atoms with Crippen molar-refractivity contribution in [1.29, 1.82) is 0 Å². The first-order valence-corrected chi connectivity index (χ1v) is 12.2. The fraction of sp³-hybridized carbons (Fsp3) is 1.00. The molecule has 124 valence electrons. The molecule has 0 aliphatic carbocycles. The predicted molar refractivity (Wildman–Crippen MR) is 97.6 cm³/mol. The van der Waals surface area contributed by atoms with Gasteiger partial charge in [0, 0.05) is 0 Å². The van der Waals surface area contributed by atoms with Crippen LogP contribution in [0.1, 0.15) is 86.0 Å². The van der Waals surface area contributed by atoms with Gasteiger partial charge in [-0.05, 0) is 0 Å². The third-order valence-corrected chi connectivity index (χ3v) is 11.6. The first-order chi connectivity index (χ1) is 9.62. The molecule has 0 aliphatic heterocycles. The van der Waals surface area contributed by atoms with Crippen molar-refractivity contribution in [3.8, 4) is 0 Å². The van der Waals surface area contributed by atoms with Crippen molar-refractivity contribution in [2.24, 2.45) is 0 Å². The summed E-state index contributed by atoms with van der Waals surface area (Å²) < 4.78 is 6.76. The van der Waals surface area contributed by atoms with Crippen molar-refractivity contribution in [2.75, 3.05) is 31.3 Å². The molecule has 0 aromatic rings. The first kappa shape index (κ1) is 20.4. The molecule has 0 amide bonds. The second-order valence-electron chi connectivity index (χ2n) is 6.58. The Morgan fingerprint density at radius 3 is 1.05 bits per heavy atom. The zero-order chi connectivity index (χ0) is 15.3. The second kappa shape index (κ2) is 11.0. The van der Waals surface area contributed by atoms with Gasteiger partial charge in [0.25, 0.3) is 0 Å². The zero-order valence-corrected chi connectivity index (χ0v) is 15.9. The van der Waals surface area contributed by atoms with E-state index >= 15 is 0 Å². The minimum absolute atomic E-state index is 0.929. The molecule has 0 radical (unpaired) electrons. The van der Waals surface area contributed by atoms with Crippen LogP contribution < -0.4 is 0 Å². The molecular weight excluding hydrogens is 263 g/mol. The molecule has 0 saturated carbocycles. The van der Waals surface area contributed by atoms with E-state index in [1.165, 1.54) is 76.0 Å². The van der Waals surface area contributed by atoms with Gasteiger partial charge in [0.2, 0.25) is 0 Å². The van der Waals surface area contributed by atoms with Crippen LogP contribution in [0.2, 0.25) is 0 Å². The Kier molecular flexibility index (Phi) is 11.2. The van der Waals surface area contributed by atoms with Gasteiger partial charge < -0.3 is 0 Å². The Hall–Kier alpha value is 0.390. The Morgan fingerprint density at radius 1 is 0.550 bits per heavy atom. The standard InChI is InChI=1S/C18H41OP/c1-6-11-15-20(19-10-5,16-12-7-2,17-13-8-3)18-14-9-4/h6-18H2,1-5H3.